The number of nitrogens with zero attached hydrogens (tertiary/aromatic N) is 2. The Bertz CT molecular complexity index is 1020. The Balaban J connectivity index is 1.80. The van der Waals surface area contributed by atoms with Crippen molar-refractivity contribution in [3.05, 3.63) is 48.7 Å². The number of nitrogens with one attached hydrogen (secondary N) is 2. The molecule has 0 unspecified atom stereocenters. The second kappa shape index (κ2) is 9.84. The minimum atomic E-state index is -0.115. The van der Waals surface area contributed by atoms with Crippen LogP contribution in [0.1, 0.15) is 6.92 Å². The van der Waals surface area contributed by atoms with E-state index in [9.17, 15) is 4.79 Å². The molecule has 1 aromatic heterocycles. The molecule has 0 aliphatic rings. The van der Waals surface area contributed by atoms with Crippen LogP contribution in [0.4, 0.5) is 17.3 Å². The third-order valence-corrected chi connectivity index (χ3v) is 4.85. The zero-order chi connectivity index (χ0) is 21.5. The second-order valence-corrected chi connectivity index (χ2v) is 7.16. The van der Waals surface area contributed by atoms with Crippen molar-refractivity contribution in [1.82, 2.24) is 9.97 Å². The Morgan fingerprint density at radius 3 is 2.33 bits per heavy atom. The van der Waals surface area contributed by atoms with Crippen molar-refractivity contribution in [2.75, 3.05) is 32.0 Å². The van der Waals surface area contributed by atoms with Gasteiger partial charge in [0.2, 0.25) is 17.6 Å². The van der Waals surface area contributed by atoms with Crippen molar-refractivity contribution in [2.45, 2.75) is 16.8 Å². The fourth-order valence-corrected chi connectivity index (χ4v) is 3.54. The highest BCUT2D eigenvalue weighted by molar-refractivity contribution is 7.99. The molecule has 1 heterocycles. The van der Waals surface area contributed by atoms with Gasteiger partial charge in [-0.1, -0.05) is 17.8 Å². The Hall–Kier alpha value is -3.46. The van der Waals surface area contributed by atoms with Gasteiger partial charge in [-0.15, -0.1) is 0 Å². The molecule has 0 aliphatic heterocycles. The summed E-state index contributed by atoms with van der Waals surface area (Å²) in [4.78, 5) is 21.0. The lowest BCUT2D eigenvalue weighted by molar-refractivity contribution is -0.114. The zero-order valence-corrected chi connectivity index (χ0v) is 17.9. The normalized spacial score (nSPS) is 10.3. The standard InChI is InChI=1S/C21H22N4O4S/c1-13(26)23-14-6-5-7-16(10-14)30-19-8-9-22-21(25-19)24-15-11-17(27-2)20(29-4)18(12-15)28-3/h5-12H,1-4H3,(H,23,26)(H,22,24,25). The maximum Gasteiger partial charge on any atom is 0.228 e. The van der Waals surface area contributed by atoms with Gasteiger partial charge in [0, 0.05) is 41.5 Å². The largest absolute Gasteiger partial charge is 0.493 e. The number of hydrogen-bond donors (Lipinski definition) is 2. The highest BCUT2D eigenvalue weighted by Gasteiger charge is 2.14. The van der Waals surface area contributed by atoms with Crippen molar-refractivity contribution in [3.63, 3.8) is 0 Å². The number of hydrogen-bond acceptors (Lipinski definition) is 8. The summed E-state index contributed by atoms with van der Waals surface area (Å²) in [5.74, 6) is 1.87. The molecular weight excluding hydrogens is 404 g/mol. The van der Waals surface area contributed by atoms with Crippen LogP contribution in [-0.2, 0) is 4.79 Å². The fourth-order valence-electron chi connectivity index (χ4n) is 2.70. The maximum absolute atomic E-state index is 11.3. The lowest BCUT2D eigenvalue weighted by atomic mass is 10.2. The van der Waals surface area contributed by atoms with Gasteiger partial charge < -0.3 is 24.8 Å². The molecule has 2 N–H and O–H groups in total. The van der Waals surface area contributed by atoms with E-state index in [0.29, 0.717) is 28.9 Å². The Morgan fingerprint density at radius 1 is 0.967 bits per heavy atom. The lowest BCUT2D eigenvalue weighted by Crippen LogP contribution is -2.05. The van der Waals surface area contributed by atoms with E-state index >= 15 is 0 Å². The van der Waals surface area contributed by atoms with Crippen LogP contribution in [0.15, 0.2) is 58.6 Å². The molecule has 0 radical (unpaired) electrons. The Morgan fingerprint density at radius 2 is 1.70 bits per heavy atom. The minimum Gasteiger partial charge on any atom is -0.493 e. The third kappa shape index (κ3) is 5.32. The van der Waals surface area contributed by atoms with Gasteiger partial charge in [0.15, 0.2) is 11.5 Å². The summed E-state index contributed by atoms with van der Waals surface area (Å²) in [6.07, 6.45) is 1.67. The first-order chi connectivity index (χ1) is 14.5. The predicted octanol–water partition coefficient (Wildman–Crippen LogP) is 4.36. The molecule has 0 aliphatic carbocycles. The first-order valence-electron chi connectivity index (χ1n) is 8.98. The molecule has 0 spiro atoms. The molecule has 0 bridgehead atoms. The molecule has 1 amide bonds. The van der Waals surface area contributed by atoms with Gasteiger partial charge in [0.25, 0.3) is 0 Å². The molecule has 8 nitrogen and oxygen atoms in total. The molecule has 3 aromatic rings. The predicted molar refractivity (Wildman–Crippen MR) is 116 cm³/mol. The van der Waals surface area contributed by atoms with Gasteiger partial charge in [-0.2, -0.15) is 0 Å². The van der Waals surface area contributed by atoms with E-state index in [1.54, 1.807) is 39.7 Å². The van der Waals surface area contributed by atoms with Crippen LogP contribution in [0.5, 0.6) is 17.2 Å². The van der Waals surface area contributed by atoms with Crippen molar-refractivity contribution >= 4 is 35.0 Å². The summed E-state index contributed by atoms with van der Waals surface area (Å²) in [6, 6.07) is 12.9. The third-order valence-electron chi connectivity index (χ3n) is 3.93. The van der Waals surface area contributed by atoms with Crippen LogP contribution < -0.4 is 24.8 Å². The number of benzene rings is 2. The van der Waals surface area contributed by atoms with E-state index in [-0.39, 0.29) is 5.91 Å². The monoisotopic (exact) mass is 426 g/mol. The summed E-state index contributed by atoms with van der Waals surface area (Å²) in [5, 5.41) is 6.68. The first kappa shape index (κ1) is 21.3. The van der Waals surface area contributed by atoms with E-state index in [1.165, 1.54) is 18.7 Å². The topological polar surface area (TPSA) is 94.6 Å². The molecule has 0 saturated carbocycles. The number of methoxy groups -OCH3 is 3. The number of amides is 1. The smallest absolute Gasteiger partial charge is 0.228 e. The Labute approximate surface area is 179 Å². The average Bonchev–Trinajstić information content (AvgIpc) is 2.73. The molecule has 0 fully saturated rings. The van der Waals surface area contributed by atoms with E-state index in [1.807, 2.05) is 30.3 Å². The van der Waals surface area contributed by atoms with Crippen molar-refractivity contribution in [2.24, 2.45) is 0 Å². The molecule has 3 rings (SSSR count). The quantitative estimate of drug-likeness (QED) is 0.513. The fraction of sp³-hybridized carbons (Fsp3) is 0.190. The SMILES string of the molecule is COc1cc(Nc2nccc(Sc3cccc(NC(C)=O)c3)n2)cc(OC)c1OC. The van der Waals surface area contributed by atoms with Crippen LogP contribution in [0.3, 0.4) is 0 Å². The van der Waals surface area contributed by atoms with Crippen LogP contribution >= 0.6 is 11.8 Å². The van der Waals surface area contributed by atoms with Crippen LogP contribution in [0.25, 0.3) is 0 Å². The number of rotatable bonds is 8. The Kier molecular flexibility index (Phi) is 6.97. The van der Waals surface area contributed by atoms with Gasteiger partial charge in [0.1, 0.15) is 5.03 Å². The minimum absolute atomic E-state index is 0.115. The summed E-state index contributed by atoms with van der Waals surface area (Å²) >= 11 is 1.46. The highest BCUT2D eigenvalue weighted by Crippen LogP contribution is 2.40. The van der Waals surface area contributed by atoms with Gasteiger partial charge in [-0.05, 0) is 24.3 Å². The lowest BCUT2D eigenvalue weighted by Gasteiger charge is -2.14. The number of carbonyl (C=O) groups excluding carboxylic acids is 1. The van der Waals surface area contributed by atoms with E-state index in [4.69, 9.17) is 14.2 Å². The van der Waals surface area contributed by atoms with Crippen molar-refractivity contribution in [1.29, 1.82) is 0 Å². The van der Waals surface area contributed by atoms with Crippen LogP contribution in [-0.4, -0.2) is 37.2 Å². The molecule has 9 heteroatoms. The number of ether oxygens (including phenoxy) is 3. The van der Waals surface area contributed by atoms with Crippen LogP contribution in [0.2, 0.25) is 0 Å². The van der Waals surface area contributed by atoms with E-state index in [0.717, 1.165) is 15.6 Å². The summed E-state index contributed by atoms with van der Waals surface area (Å²) in [6.45, 7) is 1.48. The second-order valence-electron chi connectivity index (χ2n) is 6.07. The van der Waals surface area contributed by atoms with Gasteiger partial charge in [-0.25, -0.2) is 9.97 Å². The molecule has 0 atom stereocenters. The van der Waals surface area contributed by atoms with Gasteiger partial charge >= 0.3 is 0 Å². The van der Waals surface area contributed by atoms with Crippen molar-refractivity contribution in [3.8, 4) is 17.2 Å². The molecule has 0 saturated heterocycles. The average molecular weight is 426 g/mol. The highest BCUT2D eigenvalue weighted by atomic mass is 32.2. The summed E-state index contributed by atoms with van der Waals surface area (Å²) < 4.78 is 16.1. The summed E-state index contributed by atoms with van der Waals surface area (Å²) in [7, 11) is 4.67. The van der Waals surface area contributed by atoms with E-state index in [2.05, 4.69) is 20.6 Å². The molecule has 2 aromatic carbocycles. The van der Waals surface area contributed by atoms with E-state index < -0.39 is 0 Å². The summed E-state index contributed by atoms with van der Waals surface area (Å²) in [5.41, 5.74) is 1.43. The van der Waals surface area contributed by atoms with Crippen LogP contribution in [0, 0.1) is 0 Å². The number of aromatic nitrogens is 2. The number of carbonyl (C=O) groups is 1. The van der Waals surface area contributed by atoms with Crippen molar-refractivity contribution < 1.29 is 19.0 Å². The van der Waals surface area contributed by atoms with Gasteiger partial charge in [-0.3, -0.25) is 4.79 Å². The first-order valence-corrected chi connectivity index (χ1v) is 9.79. The zero-order valence-electron chi connectivity index (χ0n) is 17.1. The molecular formula is C21H22N4O4S. The molecule has 156 valence electrons. The van der Waals surface area contributed by atoms with Gasteiger partial charge in [0.05, 0.1) is 21.3 Å². The maximum atomic E-state index is 11.3. The molecule has 30 heavy (non-hydrogen) atoms. The number of anilines is 3.